The van der Waals surface area contributed by atoms with E-state index in [0.29, 0.717) is 0 Å². The van der Waals surface area contributed by atoms with Crippen LogP contribution in [0.2, 0.25) is 0 Å². The Bertz CT molecular complexity index is 377. The molecule has 96 valence electrons. The van der Waals surface area contributed by atoms with Gasteiger partial charge in [-0.3, -0.25) is 4.79 Å². The lowest BCUT2D eigenvalue weighted by molar-refractivity contribution is -0.133. The van der Waals surface area contributed by atoms with E-state index < -0.39 is 5.97 Å². The number of imidazole rings is 1. The molecular formula is C11H19N3O2S. The summed E-state index contributed by atoms with van der Waals surface area (Å²) in [5.41, 5.74) is 1.15. The lowest BCUT2D eigenvalue weighted by atomic mass is 10.3. The second-order valence-corrected chi connectivity index (χ2v) is 4.97. The highest BCUT2D eigenvalue weighted by molar-refractivity contribution is 7.99. The van der Waals surface area contributed by atoms with E-state index in [1.165, 1.54) is 11.8 Å². The quantitative estimate of drug-likeness (QED) is 0.743. The van der Waals surface area contributed by atoms with Crippen molar-refractivity contribution in [2.24, 2.45) is 0 Å². The van der Waals surface area contributed by atoms with Crippen molar-refractivity contribution < 1.29 is 9.90 Å². The van der Waals surface area contributed by atoms with Gasteiger partial charge in [0.1, 0.15) is 0 Å². The average molecular weight is 257 g/mol. The third kappa shape index (κ3) is 4.40. The number of hydrogen-bond donors (Lipinski definition) is 1. The van der Waals surface area contributed by atoms with Crippen LogP contribution in [0.25, 0.3) is 0 Å². The van der Waals surface area contributed by atoms with Crippen LogP contribution in [-0.4, -0.2) is 51.9 Å². The van der Waals surface area contributed by atoms with Crippen LogP contribution in [0.5, 0.6) is 0 Å². The number of thioether (sulfide) groups is 1. The summed E-state index contributed by atoms with van der Waals surface area (Å²) in [7, 11) is 4.04. The van der Waals surface area contributed by atoms with Crippen LogP contribution in [-0.2, 0) is 17.8 Å². The molecule has 1 heterocycles. The van der Waals surface area contributed by atoms with Crippen LogP contribution >= 0.6 is 11.8 Å². The number of carbonyl (C=O) groups is 1. The first-order chi connectivity index (χ1) is 8.04. The molecule has 0 aliphatic carbocycles. The minimum absolute atomic E-state index is 0.0577. The molecule has 5 nitrogen and oxygen atoms in total. The van der Waals surface area contributed by atoms with Gasteiger partial charge in [0, 0.05) is 25.0 Å². The summed E-state index contributed by atoms with van der Waals surface area (Å²) >= 11 is 1.28. The third-order valence-corrected chi connectivity index (χ3v) is 3.33. The monoisotopic (exact) mass is 257 g/mol. The molecule has 0 bridgehead atoms. The predicted octanol–water partition coefficient (Wildman–Crippen LogP) is 1.18. The van der Waals surface area contributed by atoms with E-state index in [9.17, 15) is 4.79 Å². The summed E-state index contributed by atoms with van der Waals surface area (Å²) in [5, 5.41) is 9.48. The number of aryl methyl sites for hydroxylation is 1. The smallest absolute Gasteiger partial charge is 0.313 e. The fraction of sp³-hybridized carbons (Fsp3) is 0.636. The molecule has 1 aromatic rings. The van der Waals surface area contributed by atoms with Gasteiger partial charge in [-0.05, 0) is 20.5 Å². The molecule has 1 N–H and O–H groups in total. The van der Waals surface area contributed by atoms with E-state index in [0.717, 1.165) is 30.4 Å². The minimum atomic E-state index is -0.810. The Labute approximate surface area is 106 Å². The number of rotatable bonds is 7. The van der Waals surface area contributed by atoms with Crippen molar-refractivity contribution >= 4 is 17.7 Å². The van der Waals surface area contributed by atoms with Gasteiger partial charge in [0.2, 0.25) is 0 Å². The maximum absolute atomic E-state index is 10.6. The highest BCUT2D eigenvalue weighted by atomic mass is 32.2. The van der Waals surface area contributed by atoms with Gasteiger partial charge in [-0.15, -0.1) is 0 Å². The fourth-order valence-corrected chi connectivity index (χ4v) is 2.20. The molecule has 1 rings (SSSR count). The Morgan fingerprint density at radius 1 is 1.59 bits per heavy atom. The van der Waals surface area contributed by atoms with Crippen LogP contribution in [0.4, 0.5) is 0 Å². The molecule has 0 atom stereocenters. The van der Waals surface area contributed by atoms with Crippen LogP contribution in [0, 0.1) is 0 Å². The first-order valence-corrected chi connectivity index (χ1v) is 6.56. The number of hydrogen-bond acceptors (Lipinski definition) is 4. The van der Waals surface area contributed by atoms with Crippen LogP contribution in [0.3, 0.4) is 0 Å². The molecule has 1 aromatic heterocycles. The van der Waals surface area contributed by atoms with Gasteiger partial charge in [-0.1, -0.05) is 18.7 Å². The van der Waals surface area contributed by atoms with E-state index >= 15 is 0 Å². The Kier molecular flexibility index (Phi) is 5.50. The Morgan fingerprint density at radius 3 is 2.82 bits per heavy atom. The van der Waals surface area contributed by atoms with E-state index in [1.807, 2.05) is 20.3 Å². The molecule has 0 radical (unpaired) electrons. The predicted molar refractivity (Wildman–Crippen MR) is 68.5 cm³/mol. The summed E-state index contributed by atoms with van der Waals surface area (Å²) in [6.45, 7) is 3.84. The zero-order valence-corrected chi connectivity index (χ0v) is 11.3. The maximum Gasteiger partial charge on any atom is 0.313 e. The minimum Gasteiger partial charge on any atom is -0.481 e. The van der Waals surface area contributed by atoms with Crippen molar-refractivity contribution in [3.8, 4) is 0 Å². The van der Waals surface area contributed by atoms with Crippen molar-refractivity contribution in [1.29, 1.82) is 0 Å². The first-order valence-electron chi connectivity index (χ1n) is 5.58. The van der Waals surface area contributed by atoms with Gasteiger partial charge < -0.3 is 14.6 Å². The summed E-state index contributed by atoms with van der Waals surface area (Å²) < 4.78 is 2.10. The summed E-state index contributed by atoms with van der Waals surface area (Å²) in [6, 6.07) is 0. The molecule has 17 heavy (non-hydrogen) atoms. The number of carboxylic acid groups (broad SMARTS) is 1. The average Bonchev–Trinajstić information content (AvgIpc) is 2.65. The third-order valence-electron chi connectivity index (χ3n) is 2.36. The molecule has 0 aromatic carbocycles. The topological polar surface area (TPSA) is 58.4 Å². The van der Waals surface area contributed by atoms with Crippen molar-refractivity contribution in [3.63, 3.8) is 0 Å². The van der Waals surface area contributed by atoms with E-state index in [2.05, 4.69) is 21.4 Å². The normalized spacial score (nSPS) is 11.1. The number of aromatic nitrogens is 2. The second-order valence-electron chi connectivity index (χ2n) is 4.02. The summed E-state index contributed by atoms with van der Waals surface area (Å²) in [4.78, 5) is 16.9. The number of carboxylic acids is 1. The molecule has 0 unspecified atom stereocenters. The van der Waals surface area contributed by atoms with Gasteiger partial charge in [0.05, 0.1) is 5.75 Å². The van der Waals surface area contributed by atoms with Gasteiger partial charge >= 0.3 is 5.97 Å². The van der Waals surface area contributed by atoms with E-state index in [-0.39, 0.29) is 5.75 Å². The van der Waals surface area contributed by atoms with Crippen molar-refractivity contribution in [3.05, 3.63) is 11.9 Å². The van der Waals surface area contributed by atoms with Gasteiger partial charge in [-0.2, -0.15) is 0 Å². The van der Waals surface area contributed by atoms with E-state index in [4.69, 9.17) is 5.11 Å². The zero-order chi connectivity index (χ0) is 12.8. The van der Waals surface area contributed by atoms with Crippen molar-refractivity contribution in [2.45, 2.75) is 25.0 Å². The van der Waals surface area contributed by atoms with Crippen LogP contribution < -0.4 is 0 Å². The molecule has 0 aliphatic rings. The number of aliphatic carboxylic acids is 1. The zero-order valence-electron chi connectivity index (χ0n) is 10.5. The molecule has 6 heteroatoms. The standard InChI is InChI=1S/C11H19N3O2S/c1-4-9-7-12-11(17-8-10(15)16)14(9)6-5-13(2)3/h7H,4-6,8H2,1-3H3,(H,15,16). The highest BCUT2D eigenvalue weighted by Crippen LogP contribution is 2.18. The molecule has 0 spiro atoms. The van der Waals surface area contributed by atoms with E-state index in [1.54, 1.807) is 0 Å². The maximum atomic E-state index is 10.6. The molecule has 0 amide bonds. The Balaban J connectivity index is 2.74. The number of likely N-dealkylation sites (N-methyl/N-ethyl adjacent to an activating group) is 1. The largest absolute Gasteiger partial charge is 0.481 e. The molecule has 0 saturated heterocycles. The molecule has 0 saturated carbocycles. The van der Waals surface area contributed by atoms with Crippen molar-refractivity contribution in [1.82, 2.24) is 14.5 Å². The number of nitrogens with zero attached hydrogens (tertiary/aromatic N) is 3. The molecular weight excluding hydrogens is 238 g/mol. The van der Waals surface area contributed by atoms with Gasteiger partial charge in [0.25, 0.3) is 0 Å². The Hall–Kier alpha value is -1.01. The first kappa shape index (κ1) is 14.1. The Morgan fingerprint density at radius 2 is 2.29 bits per heavy atom. The lowest BCUT2D eigenvalue weighted by Crippen LogP contribution is -2.20. The molecule has 0 fully saturated rings. The lowest BCUT2D eigenvalue weighted by Gasteiger charge is -2.14. The fourth-order valence-electron chi connectivity index (χ4n) is 1.45. The summed E-state index contributed by atoms with van der Waals surface area (Å²) in [6.07, 6.45) is 2.74. The van der Waals surface area contributed by atoms with Gasteiger partial charge in [-0.25, -0.2) is 4.98 Å². The van der Waals surface area contributed by atoms with Crippen LogP contribution in [0.15, 0.2) is 11.4 Å². The van der Waals surface area contributed by atoms with Gasteiger partial charge in [0.15, 0.2) is 5.16 Å². The van der Waals surface area contributed by atoms with Crippen molar-refractivity contribution in [2.75, 3.05) is 26.4 Å². The second kappa shape index (κ2) is 6.66. The SMILES string of the molecule is CCc1cnc(SCC(=O)O)n1CCN(C)C. The summed E-state index contributed by atoms with van der Waals surface area (Å²) in [5.74, 6) is -0.752. The molecule has 0 aliphatic heterocycles. The highest BCUT2D eigenvalue weighted by Gasteiger charge is 2.10. The van der Waals surface area contributed by atoms with Crippen LogP contribution in [0.1, 0.15) is 12.6 Å².